The number of fused-ring (bicyclic) bond motifs is 3. The molecule has 1 amide bonds. The molecular weight excluding hydrogens is 413 g/mol. The highest BCUT2D eigenvalue weighted by Crippen LogP contribution is 2.28. The lowest BCUT2D eigenvalue weighted by Gasteiger charge is -2.17. The van der Waals surface area contributed by atoms with Gasteiger partial charge in [-0.15, -0.1) is 10.2 Å². The normalized spacial score (nSPS) is 13.4. The van der Waals surface area contributed by atoms with Crippen LogP contribution in [0.3, 0.4) is 0 Å². The van der Waals surface area contributed by atoms with Crippen molar-refractivity contribution in [3.8, 4) is 0 Å². The van der Waals surface area contributed by atoms with Crippen LogP contribution in [0.5, 0.6) is 0 Å². The molecule has 2 heterocycles. The minimum Gasteiger partial charge on any atom is -0.349 e. The number of aromatic nitrogens is 4. The molecule has 0 aliphatic carbocycles. The summed E-state index contributed by atoms with van der Waals surface area (Å²) in [4.78, 5) is 17.4. The summed E-state index contributed by atoms with van der Waals surface area (Å²) in [5.74, 6) is -0.439. The van der Waals surface area contributed by atoms with E-state index in [-0.39, 0.29) is 17.8 Å². The standard InChI is InChI=1S/C23H24FN5OS/c1-4-13-29-19-8-6-5-7-18(19)20-21(29)26-23(28-27-20)31-15(3)22(30)25-14(2)16-9-11-17(24)12-10-16/h5-12,14-15H,4,13H2,1-3H3,(H,25,30). The molecule has 0 saturated heterocycles. The van der Waals surface area contributed by atoms with Crippen LogP contribution in [0.4, 0.5) is 4.39 Å². The first-order chi connectivity index (χ1) is 15.0. The Morgan fingerprint density at radius 2 is 1.87 bits per heavy atom. The van der Waals surface area contributed by atoms with Crippen molar-refractivity contribution >= 4 is 39.7 Å². The first kappa shape index (κ1) is 21.2. The molecular formula is C23H24FN5OS. The molecule has 0 saturated carbocycles. The second-order valence-corrected chi connectivity index (χ2v) is 8.79. The molecule has 4 rings (SSSR count). The summed E-state index contributed by atoms with van der Waals surface area (Å²) in [6.45, 7) is 6.64. The highest BCUT2D eigenvalue weighted by atomic mass is 32.2. The maximum absolute atomic E-state index is 13.1. The van der Waals surface area contributed by atoms with Gasteiger partial charge in [0.15, 0.2) is 5.65 Å². The summed E-state index contributed by atoms with van der Waals surface area (Å²) in [7, 11) is 0. The summed E-state index contributed by atoms with van der Waals surface area (Å²) in [6.07, 6.45) is 0.973. The number of para-hydroxylation sites is 1. The Kier molecular flexibility index (Phi) is 6.18. The summed E-state index contributed by atoms with van der Waals surface area (Å²) in [6, 6.07) is 14.0. The zero-order valence-corrected chi connectivity index (χ0v) is 18.5. The third-order valence-electron chi connectivity index (χ3n) is 5.18. The largest absolute Gasteiger partial charge is 0.349 e. The van der Waals surface area contributed by atoms with E-state index in [1.54, 1.807) is 12.1 Å². The van der Waals surface area contributed by atoms with Crippen LogP contribution in [0.1, 0.15) is 38.8 Å². The quantitative estimate of drug-likeness (QED) is 0.417. The molecule has 0 fully saturated rings. The van der Waals surface area contributed by atoms with Gasteiger partial charge in [0.05, 0.1) is 16.8 Å². The van der Waals surface area contributed by atoms with Crippen LogP contribution in [-0.2, 0) is 11.3 Å². The van der Waals surface area contributed by atoms with Gasteiger partial charge in [-0.1, -0.05) is 49.0 Å². The van der Waals surface area contributed by atoms with E-state index in [1.165, 1.54) is 23.9 Å². The molecule has 2 atom stereocenters. The van der Waals surface area contributed by atoms with E-state index in [1.807, 2.05) is 32.0 Å². The van der Waals surface area contributed by atoms with Gasteiger partial charge < -0.3 is 9.88 Å². The number of hydrogen-bond acceptors (Lipinski definition) is 5. The number of amides is 1. The van der Waals surface area contributed by atoms with Crippen LogP contribution in [0, 0.1) is 5.82 Å². The predicted molar refractivity (Wildman–Crippen MR) is 121 cm³/mol. The monoisotopic (exact) mass is 437 g/mol. The van der Waals surface area contributed by atoms with E-state index in [0.717, 1.165) is 40.6 Å². The Morgan fingerprint density at radius 1 is 1.13 bits per heavy atom. The van der Waals surface area contributed by atoms with Gasteiger partial charge in [-0.25, -0.2) is 9.37 Å². The Bertz CT molecular complexity index is 1220. The van der Waals surface area contributed by atoms with Crippen molar-refractivity contribution in [2.24, 2.45) is 0 Å². The molecule has 0 radical (unpaired) electrons. The first-order valence-electron chi connectivity index (χ1n) is 10.3. The Morgan fingerprint density at radius 3 is 2.61 bits per heavy atom. The molecule has 0 aliphatic rings. The Balaban J connectivity index is 1.53. The second kappa shape index (κ2) is 9.01. The number of carbonyl (C=O) groups excluding carboxylic acids is 1. The number of benzene rings is 2. The topological polar surface area (TPSA) is 72.7 Å². The summed E-state index contributed by atoms with van der Waals surface area (Å²) in [5.41, 5.74) is 3.49. The SMILES string of the molecule is CCCn1c2ccccc2c2nnc(SC(C)C(=O)NC(C)c3ccc(F)cc3)nc21. The number of nitrogens with zero attached hydrogens (tertiary/aromatic N) is 4. The number of halogens is 1. The lowest BCUT2D eigenvalue weighted by atomic mass is 10.1. The number of aryl methyl sites for hydroxylation is 1. The van der Waals surface area contributed by atoms with E-state index in [9.17, 15) is 9.18 Å². The number of hydrogen-bond donors (Lipinski definition) is 1. The van der Waals surface area contributed by atoms with E-state index in [0.29, 0.717) is 5.16 Å². The zero-order valence-electron chi connectivity index (χ0n) is 17.7. The van der Waals surface area contributed by atoms with Crippen LogP contribution in [0.25, 0.3) is 22.1 Å². The van der Waals surface area contributed by atoms with Gasteiger partial charge in [-0.3, -0.25) is 4.79 Å². The molecule has 160 valence electrons. The van der Waals surface area contributed by atoms with Crippen LogP contribution in [0.2, 0.25) is 0 Å². The lowest BCUT2D eigenvalue weighted by Crippen LogP contribution is -2.33. The van der Waals surface area contributed by atoms with Crippen molar-refractivity contribution in [1.29, 1.82) is 0 Å². The average molecular weight is 438 g/mol. The van der Waals surface area contributed by atoms with E-state index in [2.05, 4.69) is 33.1 Å². The predicted octanol–water partition coefficient (Wildman–Crippen LogP) is 4.89. The third kappa shape index (κ3) is 4.39. The molecule has 0 aliphatic heterocycles. The van der Waals surface area contributed by atoms with Crippen LogP contribution in [-0.4, -0.2) is 30.9 Å². The smallest absolute Gasteiger partial charge is 0.233 e. The fourth-order valence-electron chi connectivity index (χ4n) is 3.57. The van der Waals surface area contributed by atoms with Crippen LogP contribution < -0.4 is 5.32 Å². The fourth-order valence-corrected chi connectivity index (χ4v) is 4.28. The highest BCUT2D eigenvalue weighted by Gasteiger charge is 2.20. The van der Waals surface area contributed by atoms with Crippen molar-refractivity contribution in [1.82, 2.24) is 25.1 Å². The fraction of sp³-hybridized carbons (Fsp3) is 0.304. The first-order valence-corrected chi connectivity index (χ1v) is 11.2. The molecule has 2 aromatic carbocycles. The van der Waals surface area contributed by atoms with Gasteiger partial charge in [-0.05, 0) is 44.0 Å². The van der Waals surface area contributed by atoms with Crippen molar-refractivity contribution in [3.63, 3.8) is 0 Å². The van der Waals surface area contributed by atoms with E-state index >= 15 is 0 Å². The molecule has 8 heteroatoms. The van der Waals surface area contributed by atoms with Gasteiger partial charge in [-0.2, -0.15) is 0 Å². The minimum atomic E-state index is -0.411. The zero-order chi connectivity index (χ0) is 22.0. The summed E-state index contributed by atoms with van der Waals surface area (Å²) in [5, 5.41) is 12.7. The number of carbonyl (C=O) groups is 1. The molecule has 2 unspecified atom stereocenters. The second-order valence-electron chi connectivity index (χ2n) is 7.48. The lowest BCUT2D eigenvalue weighted by molar-refractivity contribution is -0.120. The van der Waals surface area contributed by atoms with Gasteiger partial charge in [0.25, 0.3) is 0 Å². The Hall–Kier alpha value is -3.00. The van der Waals surface area contributed by atoms with Gasteiger partial charge in [0.1, 0.15) is 11.3 Å². The van der Waals surface area contributed by atoms with Gasteiger partial charge in [0, 0.05) is 11.9 Å². The van der Waals surface area contributed by atoms with Crippen molar-refractivity contribution in [3.05, 3.63) is 59.9 Å². The summed E-state index contributed by atoms with van der Waals surface area (Å²) < 4.78 is 15.3. The van der Waals surface area contributed by atoms with Crippen LogP contribution >= 0.6 is 11.8 Å². The molecule has 4 aromatic rings. The highest BCUT2D eigenvalue weighted by molar-refractivity contribution is 8.00. The van der Waals surface area contributed by atoms with Crippen molar-refractivity contribution < 1.29 is 9.18 Å². The molecule has 2 aromatic heterocycles. The van der Waals surface area contributed by atoms with E-state index in [4.69, 9.17) is 4.98 Å². The summed E-state index contributed by atoms with van der Waals surface area (Å²) >= 11 is 1.27. The van der Waals surface area contributed by atoms with Crippen molar-refractivity contribution in [2.75, 3.05) is 0 Å². The third-order valence-corrected chi connectivity index (χ3v) is 6.13. The number of nitrogens with one attached hydrogen (secondary N) is 1. The molecule has 6 nitrogen and oxygen atoms in total. The maximum atomic E-state index is 13.1. The van der Waals surface area contributed by atoms with E-state index < -0.39 is 5.25 Å². The Labute approximate surface area is 184 Å². The average Bonchev–Trinajstić information content (AvgIpc) is 3.07. The molecule has 0 spiro atoms. The molecule has 1 N–H and O–H groups in total. The maximum Gasteiger partial charge on any atom is 0.233 e. The number of rotatable bonds is 7. The van der Waals surface area contributed by atoms with Crippen LogP contribution in [0.15, 0.2) is 53.7 Å². The molecule has 31 heavy (non-hydrogen) atoms. The van der Waals surface area contributed by atoms with Gasteiger partial charge >= 0.3 is 0 Å². The van der Waals surface area contributed by atoms with Gasteiger partial charge in [0.2, 0.25) is 11.1 Å². The molecule has 0 bridgehead atoms. The van der Waals surface area contributed by atoms with Crippen molar-refractivity contribution in [2.45, 2.75) is 50.2 Å². The minimum absolute atomic E-state index is 0.139. The number of thioether (sulfide) groups is 1.